The Morgan fingerprint density at radius 3 is 2.20 bits per heavy atom. The number of ether oxygens (including phenoxy) is 2. The van der Waals surface area contributed by atoms with Crippen molar-refractivity contribution in [3.8, 4) is 17.6 Å². The van der Waals surface area contributed by atoms with Gasteiger partial charge in [0.15, 0.2) is 0 Å². The highest BCUT2D eigenvalue weighted by Crippen LogP contribution is 2.36. The molecule has 1 fully saturated rings. The number of hydrogen-bond donors (Lipinski definition) is 0. The first kappa shape index (κ1) is 12.7. The van der Waals surface area contributed by atoms with E-state index in [1.54, 1.807) is 0 Å². The molecule has 0 spiro atoms. The summed E-state index contributed by atoms with van der Waals surface area (Å²) < 4.78 is 11.1. The summed E-state index contributed by atoms with van der Waals surface area (Å²) in [4.78, 5) is 0. The third-order valence-corrected chi connectivity index (χ3v) is 3.62. The number of nitriles is 1. The monoisotopic (exact) mass is 265 g/mol. The Balaban J connectivity index is 1.76. The lowest BCUT2D eigenvalue weighted by molar-refractivity contribution is -0.0577. The molecule has 0 N–H and O–H groups in total. The van der Waals surface area contributed by atoms with Gasteiger partial charge in [0.05, 0.1) is 24.7 Å². The fraction of sp³-hybridized carbons (Fsp3) is 0.235. The van der Waals surface area contributed by atoms with E-state index in [9.17, 15) is 0 Å². The van der Waals surface area contributed by atoms with Crippen LogP contribution in [-0.2, 0) is 10.2 Å². The fourth-order valence-electron chi connectivity index (χ4n) is 2.37. The van der Waals surface area contributed by atoms with Crippen molar-refractivity contribution in [3.63, 3.8) is 0 Å². The van der Waals surface area contributed by atoms with Crippen molar-refractivity contribution >= 4 is 0 Å². The standard InChI is InChI=1S/C17H15NO2/c18-11-10-17(12-19-13-17)14-6-8-16(9-7-14)20-15-4-2-1-3-5-15/h1-9H,10,12-13H2. The second-order valence-electron chi connectivity index (χ2n) is 5.05. The summed E-state index contributed by atoms with van der Waals surface area (Å²) in [5.41, 5.74) is 1.02. The van der Waals surface area contributed by atoms with E-state index < -0.39 is 0 Å². The van der Waals surface area contributed by atoms with Crippen LogP contribution >= 0.6 is 0 Å². The van der Waals surface area contributed by atoms with Crippen LogP contribution in [0.4, 0.5) is 0 Å². The molecular weight excluding hydrogens is 250 g/mol. The van der Waals surface area contributed by atoms with Crippen LogP contribution in [0, 0.1) is 11.3 Å². The van der Waals surface area contributed by atoms with Gasteiger partial charge >= 0.3 is 0 Å². The maximum Gasteiger partial charge on any atom is 0.127 e. The van der Waals surface area contributed by atoms with Crippen molar-refractivity contribution in [2.24, 2.45) is 0 Å². The van der Waals surface area contributed by atoms with Crippen molar-refractivity contribution < 1.29 is 9.47 Å². The smallest absolute Gasteiger partial charge is 0.127 e. The summed E-state index contributed by atoms with van der Waals surface area (Å²) in [5.74, 6) is 1.62. The molecule has 0 unspecified atom stereocenters. The van der Waals surface area contributed by atoms with E-state index in [1.165, 1.54) is 0 Å². The van der Waals surface area contributed by atoms with Gasteiger partial charge in [0, 0.05) is 6.42 Å². The molecule has 3 nitrogen and oxygen atoms in total. The average molecular weight is 265 g/mol. The predicted octanol–water partition coefficient (Wildman–Crippen LogP) is 3.66. The summed E-state index contributed by atoms with van der Waals surface area (Å²) in [7, 11) is 0. The molecule has 0 atom stereocenters. The molecule has 1 aliphatic heterocycles. The summed E-state index contributed by atoms with van der Waals surface area (Å²) >= 11 is 0. The van der Waals surface area contributed by atoms with Gasteiger partial charge in [0.1, 0.15) is 11.5 Å². The Morgan fingerprint density at radius 2 is 1.65 bits per heavy atom. The van der Waals surface area contributed by atoms with Gasteiger partial charge in [-0.15, -0.1) is 0 Å². The normalized spacial score (nSPS) is 15.9. The lowest BCUT2D eigenvalue weighted by Crippen LogP contribution is -2.46. The molecule has 100 valence electrons. The van der Waals surface area contributed by atoms with Gasteiger partial charge in [0.2, 0.25) is 0 Å². The molecule has 2 aromatic carbocycles. The molecule has 0 aromatic heterocycles. The van der Waals surface area contributed by atoms with Gasteiger partial charge in [-0.1, -0.05) is 30.3 Å². The summed E-state index contributed by atoms with van der Waals surface area (Å²) in [6, 6.07) is 19.9. The van der Waals surface area contributed by atoms with Gasteiger partial charge in [-0.2, -0.15) is 5.26 Å². The van der Waals surface area contributed by atoms with E-state index in [0.717, 1.165) is 17.1 Å². The van der Waals surface area contributed by atoms with Crippen LogP contribution in [0.2, 0.25) is 0 Å². The van der Waals surface area contributed by atoms with Crippen LogP contribution in [0.5, 0.6) is 11.5 Å². The summed E-state index contributed by atoms with van der Waals surface area (Å²) in [5, 5.41) is 8.95. The highest BCUT2D eigenvalue weighted by atomic mass is 16.5. The minimum atomic E-state index is -0.125. The Labute approximate surface area is 118 Å². The summed E-state index contributed by atoms with van der Waals surface area (Å²) in [6.07, 6.45) is 0.492. The molecule has 0 amide bonds. The number of nitrogens with zero attached hydrogens (tertiary/aromatic N) is 1. The zero-order chi connectivity index (χ0) is 13.8. The number of rotatable bonds is 4. The quantitative estimate of drug-likeness (QED) is 0.847. The van der Waals surface area contributed by atoms with E-state index in [2.05, 4.69) is 6.07 Å². The molecule has 1 saturated heterocycles. The van der Waals surface area contributed by atoms with E-state index in [0.29, 0.717) is 19.6 Å². The Bertz CT molecular complexity index is 610. The zero-order valence-electron chi connectivity index (χ0n) is 11.1. The minimum absolute atomic E-state index is 0.125. The lowest BCUT2D eigenvalue weighted by atomic mass is 9.76. The third-order valence-electron chi connectivity index (χ3n) is 3.62. The number of benzene rings is 2. The minimum Gasteiger partial charge on any atom is -0.457 e. The topological polar surface area (TPSA) is 42.2 Å². The van der Waals surface area contributed by atoms with Crippen molar-refractivity contribution in [2.45, 2.75) is 11.8 Å². The van der Waals surface area contributed by atoms with Gasteiger partial charge in [-0.25, -0.2) is 0 Å². The number of hydrogen-bond acceptors (Lipinski definition) is 3. The van der Waals surface area contributed by atoms with E-state index in [4.69, 9.17) is 14.7 Å². The van der Waals surface area contributed by atoms with Gasteiger partial charge in [-0.05, 0) is 29.8 Å². The van der Waals surface area contributed by atoms with Gasteiger partial charge in [0.25, 0.3) is 0 Å². The van der Waals surface area contributed by atoms with E-state index in [-0.39, 0.29) is 5.41 Å². The zero-order valence-corrected chi connectivity index (χ0v) is 11.1. The molecule has 1 aliphatic rings. The predicted molar refractivity (Wildman–Crippen MR) is 75.7 cm³/mol. The molecule has 0 bridgehead atoms. The van der Waals surface area contributed by atoms with Crippen LogP contribution in [0.3, 0.4) is 0 Å². The fourth-order valence-corrected chi connectivity index (χ4v) is 2.37. The summed E-state index contributed by atoms with van der Waals surface area (Å²) in [6.45, 7) is 1.25. The van der Waals surface area contributed by atoms with Crippen molar-refractivity contribution in [1.82, 2.24) is 0 Å². The highest BCUT2D eigenvalue weighted by molar-refractivity contribution is 5.37. The largest absolute Gasteiger partial charge is 0.457 e. The highest BCUT2D eigenvalue weighted by Gasteiger charge is 2.40. The first-order valence-corrected chi connectivity index (χ1v) is 6.61. The van der Waals surface area contributed by atoms with Gasteiger partial charge < -0.3 is 9.47 Å². The molecule has 0 saturated carbocycles. The second kappa shape index (κ2) is 5.36. The van der Waals surface area contributed by atoms with E-state index in [1.807, 2.05) is 54.6 Å². The molecule has 3 rings (SSSR count). The maximum absolute atomic E-state index is 8.95. The maximum atomic E-state index is 8.95. The van der Waals surface area contributed by atoms with Crippen LogP contribution in [0.25, 0.3) is 0 Å². The molecule has 20 heavy (non-hydrogen) atoms. The molecular formula is C17H15NO2. The van der Waals surface area contributed by atoms with Crippen LogP contribution in [-0.4, -0.2) is 13.2 Å². The second-order valence-corrected chi connectivity index (χ2v) is 5.05. The van der Waals surface area contributed by atoms with Gasteiger partial charge in [-0.3, -0.25) is 0 Å². The Kier molecular flexibility index (Phi) is 3.41. The first-order chi connectivity index (χ1) is 9.82. The molecule has 0 radical (unpaired) electrons. The van der Waals surface area contributed by atoms with Crippen molar-refractivity contribution in [1.29, 1.82) is 5.26 Å². The molecule has 2 aromatic rings. The van der Waals surface area contributed by atoms with Crippen LogP contribution in [0.1, 0.15) is 12.0 Å². The molecule has 0 aliphatic carbocycles. The van der Waals surface area contributed by atoms with Crippen molar-refractivity contribution in [3.05, 3.63) is 60.2 Å². The molecule has 1 heterocycles. The van der Waals surface area contributed by atoms with E-state index >= 15 is 0 Å². The first-order valence-electron chi connectivity index (χ1n) is 6.61. The van der Waals surface area contributed by atoms with Crippen LogP contribution in [0.15, 0.2) is 54.6 Å². The Hall–Kier alpha value is -2.31. The third kappa shape index (κ3) is 2.38. The van der Waals surface area contributed by atoms with Crippen molar-refractivity contribution in [2.75, 3.05) is 13.2 Å². The van der Waals surface area contributed by atoms with Crippen LogP contribution < -0.4 is 4.74 Å². The molecule has 3 heteroatoms. The average Bonchev–Trinajstić information content (AvgIpc) is 2.45. The number of para-hydroxylation sites is 1. The Morgan fingerprint density at radius 1 is 1.00 bits per heavy atom. The SMILES string of the molecule is N#CCC1(c2ccc(Oc3ccccc3)cc2)COC1. The lowest BCUT2D eigenvalue weighted by Gasteiger charge is -2.40.